The van der Waals surface area contributed by atoms with E-state index in [-0.39, 0.29) is 12.1 Å². The van der Waals surface area contributed by atoms with Crippen LogP contribution >= 0.6 is 11.6 Å². The number of H-pyrrole nitrogens is 1. The molecule has 0 saturated carbocycles. The smallest absolute Gasteiger partial charge is 0.328 e. The third kappa shape index (κ3) is 2.92. The van der Waals surface area contributed by atoms with Crippen molar-refractivity contribution >= 4 is 17.5 Å². The molecule has 0 unspecified atom stereocenters. The molecule has 0 fully saturated rings. The van der Waals surface area contributed by atoms with Crippen LogP contribution in [0.4, 0.5) is 0 Å². The molecule has 0 bridgehead atoms. The fraction of sp³-hybridized carbons (Fsp3) is 0.0833. The zero-order valence-corrected chi connectivity index (χ0v) is 10.5. The number of amides is 1. The lowest BCUT2D eigenvalue weighted by Crippen LogP contribution is -2.35. The normalized spacial score (nSPS) is 10.4. The van der Waals surface area contributed by atoms with Gasteiger partial charge in [-0.2, -0.15) is 0 Å². The second kappa shape index (κ2) is 5.11. The van der Waals surface area contributed by atoms with E-state index in [0.717, 1.165) is 11.8 Å². The van der Waals surface area contributed by atoms with Crippen LogP contribution in [0, 0.1) is 0 Å². The summed E-state index contributed by atoms with van der Waals surface area (Å²) in [6.45, 7) is 0.201. The average molecular weight is 280 g/mol. The number of hydrogen-bond donors (Lipinski definition) is 2. The first-order valence-electron chi connectivity index (χ1n) is 5.35. The number of nitrogens with one attached hydrogen (secondary N) is 1. The van der Waals surface area contributed by atoms with Crippen LogP contribution < -0.4 is 17.0 Å². The number of carbonyl (C=O) groups excluding carboxylic acids is 1. The first kappa shape index (κ1) is 13.1. The fourth-order valence-electron chi connectivity index (χ4n) is 1.59. The summed E-state index contributed by atoms with van der Waals surface area (Å²) in [4.78, 5) is 36.1. The Kier molecular flexibility index (Phi) is 3.52. The Hall–Kier alpha value is -2.34. The lowest BCUT2D eigenvalue weighted by atomic mass is 10.2. The summed E-state index contributed by atoms with van der Waals surface area (Å²) >= 11 is 5.76. The van der Waals surface area contributed by atoms with Gasteiger partial charge in [-0.15, -0.1) is 0 Å². The number of aromatic nitrogens is 2. The molecule has 1 amide bonds. The van der Waals surface area contributed by atoms with Crippen molar-refractivity contribution in [1.29, 1.82) is 0 Å². The summed E-state index contributed by atoms with van der Waals surface area (Å²) in [6.07, 6.45) is 1.15. The molecule has 2 rings (SSSR count). The number of carbonyl (C=O) groups is 1. The molecule has 0 aliphatic carbocycles. The number of nitrogens with zero attached hydrogens (tertiary/aromatic N) is 1. The maximum absolute atomic E-state index is 11.6. The maximum Gasteiger partial charge on any atom is 0.328 e. The monoisotopic (exact) mass is 279 g/mol. The van der Waals surface area contributed by atoms with Crippen LogP contribution in [0.3, 0.4) is 0 Å². The van der Waals surface area contributed by atoms with Crippen molar-refractivity contribution in [2.24, 2.45) is 5.73 Å². The Morgan fingerprint density at radius 3 is 2.47 bits per heavy atom. The summed E-state index contributed by atoms with van der Waals surface area (Å²) < 4.78 is 1.20. The largest absolute Gasteiger partial charge is 0.365 e. The maximum atomic E-state index is 11.6. The van der Waals surface area contributed by atoms with Gasteiger partial charge in [0, 0.05) is 11.2 Å². The van der Waals surface area contributed by atoms with Gasteiger partial charge in [-0.05, 0) is 17.7 Å². The Morgan fingerprint density at radius 2 is 1.89 bits per heavy atom. The molecule has 1 aromatic heterocycles. The molecule has 0 radical (unpaired) electrons. The van der Waals surface area contributed by atoms with Gasteiger partial charge in [-0.3, -0.25) is 19.1 Å². The second-order valence-corrected chi connectivity index (χ2v) is 4.36. The molecule has 19 heavy (non-hydrogen) atoms. The van der Waals surface area contributed by atoms with Gasteiger partial charge in [0.1, 0.15) is 5.56 Å². The van der Waals surface area contributed by atoms with E-state index in [2.05, 4.69) is 0 Å². The zero-order chi connectivity index (χ0) is 14.0. The minimum atomic E-state index is -0.883. The number of rotatable bonds is 3. The predicted octanol–water partition coefficient (Wildman–Crippen LogP) is 0.337. The van der Waals surface area contributed by atoms with Crippen LogP contribution in [0.25, 0.3) is 0 Å². The second-order valence-electron chi connectivity index (χ2n) is 3.92. The van der Waals surface area contributed by atoms with Gasteiger partial charge < -0.3 is 5.73 Å². The minimum absolute atomic E-state index is 0.201. The Labute approximate surface area is 112 Å². The first-order valence-corrected chi connectivity index (χ1v) is 5.73. The lowest BCUT2D eigenvalue weighted by Gasteiger charge is -2.06. The molecule has 7 heteroatoms. The molecular weight excluding hydrogens is 270 g/mol. The van der Waals surface area contributed by atoms with Crippen molar-refractivity contribution in [2.75, 3.05) is 0 Å². The van der Waals surface area contributed by atoms with Crippen molar-refractivity contribution in [2.45, 2.75) is 6.54 Å². The molecular formula is C12H10ClN3O3. The highest BCUT2D eigenvalue weighted by Gasteiger charge is 2.09. The van der Waals surface area contributed by atoms with E-state index in [1.807, 2.05) is 4.98 Å². The summed E-state index contributed by atoms with van der Waals surface area (Å²) in [6, 6.07) is 6.85. The Balaban J connectivity index is 2.43. The Morgan fingerprint density at radius 1 is 1.26 bits per heavy atom. The topological polar surface area (TPSA) is 97.9 Å². The summed E-state index contributed by atoms with van der Waals surface area (Å²) in [7, 11) is 0. The van der Waals surface area contributed by atoms with E-state index in [1.54, 1.807) is 24.3 Å². The van der Waals surface area contributed by atoms with Gasteiger partial charge in [-0.25, -0.2) is 4.79 Å². The van der Waals surface area contributed by atoms with Crippen molar-refractivity contribution in [1.82, 2.24) is 9.55 Å². The van der Waals surface area contributed by atoms with Gasteiger partial charge >= 0.3 is 5.69 Å². The van der Waals surface area contributed by atoms with Crippen LogP contribution in [0.1, 0.15) is 15.9 Å². The minimum Gasteiger partial charge on any atom is -0.365 e. The molecule has 98 valence electrons. The highest BCUT2D eigenvalue weighted by atomic mass is 35.5. The van der Waals surface area contributed by atoms with Crippen LogP contribution in [-0.2, 0) is 6.54 Å². The molecule has 1 heterocycles. The van der Waals surface area contributed by atoms with E-state index in [4.69, 9.17) is 17.3 Å². The standard InChI is InChI=1S/C12H10ClN3O3/c13-8-3-1-7(2-4-8)5-16-6-9(10(14)17)11(18)15-12(16)19/h1-4,6H,5H2,(H2,14,17)(H,15,18,19). The molecule has 0 saturated heterocycles. The van der Waals surface area contributed by atoms with Gasteiger partial charge in [0.05, 0.1) is 6.54 Å². The predicted molar refractivity (Wildman–Crippen MR) is 70.4 cm³/mol. The number of hydrogen-bond acceptors (Lipinski definition) is 3. The number of benzene rings is 1. The lowest BCUT2D eigenvalue weighted by molar-refractivity contribution is 0.0998. The molecule has 0 aliphatic rings. The van der Waals surface area contributed by atoms with Gasteiger partial charge in [0.2, 0.25) is 0 Å². The van der Waals surface area contributed by atoms with Gasteiger partial charge in [0.15, 0.2) is 0 Å². The van der Waals surface area contributed by atoms with Crippen LogP contribution in [0.2, 0.25) is 5.02 Å². The van der Waals surface area contributed by atoms with Crippen LogP contribution in [0.15, 0.2) is 40.1 Å². The molecule has 1 aromatic carbocycles. The SMILES string of the molecule is NC(=O)c1cn(Cc2ccc(Cl)cc2)c(=O)[nH]c1=O. The van der Waals surface area contributed by atoms with Crippen molar-refractivity contribution in [3.8, 4) is 0 Å². The molecule has 3 N–H and O–H groups in total. The summed E-state index contributed by atoms with van der Waals surface area (Å²) in [5.41, 5.74) is 4.21. The number of halogens is 1. The highest BCUT2D eigenvalue weighted by Crippen LogP contribution is 2.09. The molecule has 0 aliphatic heterocycles. The van der Waals surface area contributed by atoms with Gasteiger partial charge in [0.25, 0.3) is 11.5 Å². The number of nitrogens with two attached hydrogens (primary N) is 1. The van der Waals surface area contributed by atoms with Gasteiger partial charge in [-0.1, -0.05) is 23.7 Å². The molecule has 0 spiro atoms. The third-order valence-corrected chi connectivity index (χ3v) is 2.79. The highest BCUT2D eigenvalue weighted by molar-refractivity contribution is 6.30. The summed E-state index contributed by atoms with van der Waals surface area (Å²) in [5, 5.41) is 0.579. The van der Waals surface area contributed by atoms with E-state index < -0.39 is 17.2 Å². The van der Waals surface area contributed by atoms with E-state index in [0.29, 0.717) is 5.02 Å². The fourth-order valence-corrected chi connectivity index (χ4v) is 1.71. The number of aromatic amines is 1. The molecule has 6 nitrogen and oxygen atoms in total. The summed E-state index contributed by atoms with van der Waals surface area (Å²) in [5.74, 6) is -0.883. The van der Waals surface area contributed by atoms with E-state index in [1.165, 1.54) is 4.57 Å². The molecule has 2 aromatic rings. The zero-order valence-electron chi connectivity index (χ0n) is 9.72. The van der Waals surface area contributed by atoms with Crippen molar-refractivity contribution in [3.05, 3.63) is 67.4 Å². The van der Waals surface area contributed by atoms with Crippen molar-refractivity contribution in [3.63, 3.8) is 0 Å². The van der Waals surface area contributed by atoms with Crippen LogP contribution in [0.5, 0.6) is 0 Å². The van der Waals surface area contributed by atoms with Crippen molar-refractivity contribution < 1.29 is 4.79 Å². The average Bonchev–Trinajstić information content (AvgIpc) is 2.34. The first-order chi connectivity index (χ1) is 8.97. The quantitative estimate of drug-likeness (QED) is 0.847. The number of primary amides is 1. The van der Waals surface area contributed by atoms with E-state index in [9.17, 15) is 14.4 Å². The van der Waals surface area contributed by atoms with Crippen LogP contribution in [-0.4, -0.2) is 15.5 Å². The molecule has 0 atom stereocenters. The Bertz CT molecular complexity index is 731. The third-order valence-electron chi connectivity index (χ3n) is 2.54. The van der Waals surface area contributed by atoms with E-state index >= 15 is 0 Å².